The summed E-state index contributed by atoms with van der Waals surface area (Å²) in [5.41, 5.74) is -0.826. The number of amides is 3. The van der Waals surface area contributed by atoms with E-state index in [1.807, 2.05) is 0 Å². The van der Waals surface area contributed by atoms with Gasteiger partial charge in [0, 0.05) is 11.6 Å². The highest BCUT2D eigenvalue weighted by Crippen LogP contribution is 2.31. The molecule has 2 aromatic rings. The second-order valence-corrected chi connectivity index (χ2v) is 6.39. The summed E-state index contributed by atoms with van der Waals surface area (Å²) in [5, 5.41) is 13.6. The zero-order valence-corrected chi connectivity index (χ0v) is 14.5. The molecule has 1 atom stereocenters. The summed E-state index contributed by atoms with van der Waals surface area (Å²) >= 11 is 0. The number of nitrogens with zero attached hydrogens (tertiary/aromatic N) is 2. The molecule has 140 valence electrons. The Balaban J connectivity index is 1.94. The Morgan fingerprint density at radius 2 is 1.89 bits per heavy atom. The first-order valence-corrected chi connectivity index (χ1v) is 7.97. The van der Waals surface area contributed by atoms with Crippen molar-refractivity contribution < 1.29 is 23.3 Å². The Labute approximate surface area is 152 Å². The monoisotopic (exact) mass is 375 g/mol. The first-order valence-electron chi connectivity index (χ1n) is 7.97. The SMILES string of the molecule is Cc1c(CN2C(=O)N[C@](C)(c3ccc(F)c(F)c3)C2=O)cccc1[N+](=O)[O-]. The summed E-state index contributed by atoms with van der Waals surface area (Å²) in [7, 11) is 0. The summed E-state index contributed by atoms with van der Waals surface area (Å²) in [6.07, 6.45) is 0. The van der Waals surface area contributed by atoms with Crippen LogP contribution in [0.25, 0.3) is 0 Å². The molecule has 0 unspecified atom stereocenters. The number of nitro groups is 1. The molecule has 27 heavy (non-hydrogen) atoms. The molecule has 1 saturated heterocycles. The minimum atomic E-state index is -1.57. The van der Waals surface area contributed by atoms with Crippen LogP contribution in [0.15, 0.2) is 36.4 Å². The van der Waals surface area contributed by atoms with Crippen molar-refractivity contribution in [2.24, 2.45) is 0 Å². The summed E-state index contributed by atoms with van der Waals surface area (Å²) in [4.78, 5) is 36.6. The van der Waals surface area contributed by atoms with Gasteiger partial charge in [-0.3, -0.25) is 19.8 Å². The van der Waals surface area contributed by atoms with Crippen LogP contribution in [0.2, 0.25) is 0 Å². The van der Waals surface area contributed by atoms with Gasteiger partial charge in [-0.05, 0) is 37.1 Å². The van der Waals surface area contributed by atoms with Crippen LogP contribution in [-0.4, -0.2) is 21.8 Å². The number of carbonyl (C=O) groups is 2. The fraction of sp³-hybridized carbons (Fsp3) is 0.222. The van der Waals surface area contributed by atoms with Gasteiger partial charge in [-0.2, -0.15) is 0 Å². The van der Waals surface area contributed by atoms with E-state index >= 15 is 0 Å². The number of nitro benzene ring substituents is 1. The van der Waals surface area contributed by atoms with Gasteiger partial charge in [-0.1, -0.05) is 18.2 Å². The predicted octanol–water partition coefficient (Wildman–Crippen LogP) is 3.15. The second kappa shape index (κ2) is 6.42. The van der Waals surface area contributed by atoms with E-state index in [1.165, 1.54) is 32.0 Å². The maximum Gasteiger partial charge on any atom is 0.325 e. The van der Waals surface area contributed by atoms with Gasteiger partial charge >= 0.3 is 6.03 Å². The Bertz CT molecular complexity index is 979. The van der Waals surface area contributed by atoms with Crippen LogP contribution in [0, 0.1) is 28.7 Å². The molecule has 7 nitrogen and oxygen atoms in total. The van der Waals surface area contributed by atoms with E-state index < -0.39 is 34.0 Å². The van der Waals surface area contributed by atoms with Gasteiger partial charge in [0.1, 0.15) is 5.54 Å². The highest BCUT2D eigenvalue weighted by Gasteiger charge is 2.49. The normalized spacial score (nSPS) is 19.3. The topological polar surface area (TPSA) is 92.6 Å². The zero-order chi connectivity index (χ0) is 19.9. The number of hydrogen-bond acceptors (Lipinski definition) is 4. The fourth-order valence-corrected chi connectivity index (χ4v) is 3.05. The lowest BCUT2D eigenvalue weighted by Crippen LogP contribution is -2.41. The predicted molar refractivity (Wildman–Crippen MR) is 90.6 cm³/mol. The highest BCUT2D eigenvalue weighted by molar-refractivity contribution is 6.07. The summed E-state index contributed by atoms with van der Waals surface area (Å²) in [6.45, 7) is 2.73. The molecule has 0 aliphatic carbocycles. The van der Waals surface area contributed by atoms with Gasteiger partial charge in [0.25, 0.3) is 11.6 Å². The lowest BCUT2D eigenvalue weighted by Gasteiger charge is -2.22. The van der Waals surface area contributed by atoms with Crippen LogP contribution in [0.1, 0.15) is 23.6 Å². The van der Waals surface area contributed by atoms with Crippen molar-refractivity contribution in [3.05, 3.63) is 74.8 Å². The Morgan fingerprint density at radius 1 is 1.19 bits per heavy atom. The van der Waals surface area contributed by atoms with Gasteiger partial charge in [-0.25, -0.2) is 13.6 Å². The molecule has 2 aromatic carbocycles. The first-order chi connectivity index (χ1) is 12.6. The van der Waals surface area contributed by atoms with Gasteiger partial charge < -0.3 is 5.32 Å². The maximum absolute atomic E-state index is 13.6. The molecule has 1 fully saturated rings. The van der Waals surface area contributed by atoms with Crippen molar-refractivity contribution in [3.63, 3.8) is 0 Å². The lowest BCUT2D eigenvalue weighted by molar-refractivity contribution is -0.385. The molecule has 1 heterocycles. The summed E-state index contributed by atoms with van der Waals surface area (Å²) in [5.74, 6) is -2.86. The number of imide groups is 1. The van der Waals surface area contributed by atoms with Crippen LogP contribution in [0.4, 0.5) is 19.3 Å². The average Bonchev–Trinajstić information content (AvgIpc) is 2.82. The van der Waals surface area contributed by atoms with Crippen LogP contribution in [0.3, 0.4) is 0 Å². The molecular formula is C18H15F2N3O4. The van der Waals surface area contributed by atoms with Crippen LogP contribution < -0.4 is 5.32 Å². The molecule has 0 aromatic heterocycles. The molecule has 0 bridgehead atoms. The van der Waals surface area contributed by atoms with Crippen molar-refractivity contribution in [1.29, 1.82) is 0 Å². The molecule has 3 amide bonds. The van der Waals surface area contributed by atoms with E-state index in [2.05, 4.69) is 5.32 Å². The number of nitrogens with one attached hydrogen (secondary N) is 1. The minimum absolute atomic E-state index is 0.0954. The van der Waals surface area contributed by atoms with Gasteiger partial charge in [-0.15, -0.1) is 0 Å². The molecule has 0 spiro atoms. The van der Waals surface area contributed by atoms with Gasteiger partial charge in [0.05, 0.1) is 11.5 Å². The third kappa shape index (κ3) is 3.01. The number of hydrogen-bond donors (Lipinski definition) is 1. The second-order valence-electron chi connectivity index (χ2n) is 6.39. The van der Waals surface area contributed by atoms with Crippen LogP contribution >= 0.6 is 0 Å². The maximum atomic E-state index is 13.6. The summed E-state index contributed by atoms with van der Waals surface area (Å²) in [6, 6.07) is 6.61. The Kier molecular flexibility index (Phi) is 4.38. The van der Waals surface area contributed by atoms with Crippen molar-refractivity contribution >= 4 is 17.6 Å². The number of rotatable bonds is 4. The molecular weight excluding hydrogens is 360 g/mol. The lowest BCUT2D eigenvalue weighted by atomic mass is 9.91. The number of halogens is 2. The number of urea groups is 1. The van der Waals surface area contributed by atoms with Crippen LogP contribution in [0.5, 0.6) is 0 Å². The standard InChI is InChI=1S/C18H15F2N3O4/c1-10-11(4-3-5-15(10)23(26)27)9-22-16(24)18(2,21-17(22)25)12-6-7-13(19)14(20)8-12/h3-8H,9H2,1-2H3,(H,21,25)/t18-/m1/s1. The molecule has 1 aliphatic heterocycles. The van der Waals surface area contributed by atoms with E-state index in [0.717, 1.165) is 17.0 Å². The molecule has 0 saturated carbocycles. The van der Waals surface area contributed by atoms with Crippen molar-refractivity contribution in [3.8, 4) is 0 Å². The fourth-order valence-electron chi connectivity index (χ4n) is 3.05. The highest BCUT2D eigenvalue weighted by atomic mass is 19.2. The average molecular weight is 375 g/mol. The zero-order valence-electron chi connectivity index (χ0n) is 14.5. The third-order valence-electron chi connectivity index (χ3n) is 4.71. The van der Waals surface area contributed by atoms with Crippen molar-refractivity contribution in [2.45, 2.75) is 25.9 Å². The number of benzene rings is 2. The van der Waals surface area contributed by atoms with E-state index in [1.54, 1.807) is 6.07 Å². The smallest absolute Gasteiger partial charge is 0.319 e. The van der Waals surface area contributed by atoms with E-state index in [0.29, 0.717) is 11.1 Å². The summed E-state index contributed by atoms with van der Waals surface area (Å²) < 4.78 is 26.8. The van der Waals surface area contributed by atoms with Gasteiger partial charge in [0.2, 0.25) is 0 Å². The molecule has 1 aliphatic rings. The third-order valence-corrected chi connectivity index (χ3v) is 4.71. The molecule has 9 heteroatoms. The van der Waals surface area contributed by atoms with Crippen molar-refractivity contribution in [2.75, 3.05) is 0 Å². The van der Waals surface area contributed by atoms with E-state index in [4.69, 9.17) is 0 Å². The minimum Gasteiger partial charge on any atom is -0.319 e. The van der Waals surface area contributed by atoms with Crippen molar-refractivity contribution in [1.82, 2.24) is 10.2 Å². The Morgan fingerprint density at radius 3 is 2.52 bits per heavy atom. The van der Waals surface area contributed by atoms with Gasteiger partial charge in [0.15, 0.2) is 11.6 Å². The first kappa shape index (κ1) is 18.4. The Hall–Kier alpha value is -3.36. The molecule has 0 radical (unpaired) electrons. The van der Waals surface area contributed by atoms with E-state index in [9.17, 15) is 28.5 Å². The number of carbonyl (C=O) groups excluding carboxylic acids is 2. The largest absolute Gasteiger partial charge is 0.325 e. The molecule has 3 rings (SSSR count). The molecule has 1 N–H and O–H groups in total. The quantitative estimate of drug-likeness (QED) is 0.505. The van der Waals surface area contributed by atoms with E-state index in [-0.39, 0.29) is 17.8 Å². The van der Waals surface area contributed by atoms with Crippen LogP contribution in [-0.2, 0) is 16.9 Å².